The summed E-state index contributed by atoms with van der Waals surface area (Å²) in [7, 11) is 2.54. The van der Waals surface area contributed by atoms with Gasteiger partial charge in [0.15, 0.2) is 30.0 Å². The Balaban J connectivity index is 1.04. The Kier molecular flexibility index (Phi) is 13.8. The number of aliphatic hydroxyl groups excluding tert-OH is 6. The number of esters is 3. The zero-order chi connectivity index (χ0) is 50.4. The topological polar surface area (TPSA) is 257 Å². The molecule has 17 heteroatoms. The van der Waals surface area contributed by atoms with Gasteiger partial charge in [-0.3, -0.25) is 4.79 Å². The summed E-state index contributed by atoms with van der Waals surface area (Å²) in [5.74, 6) is -2.51. The third-order valence-corrected chi connectivity index (χ3v) is 18.8. The van der Waals surface area contributed by atoms with Gasteiger partial charge in [-0.15, -0.1) is 0 Å². The van der Waals surface area contributed by atoms with Crippen molar-refractivity contribution in [2.45, 2.75) is 174 Å². The van der Waals surface area contributed by atoms with E-state index in [0.29, 0.717) is 31.2 Å². The lowest BCUT2D eigenvalue weighted by Crippen LogP contribution is -2.68. The molecule has 0 amide bonds. The van der Waals surface area contributed by atoms with Crippen molar-refractivity contribution in [2.75, 3.05) is 20.8 Å². The van der Waals surface area contributed by atoms with Crippen molar-refractivity contribution in [3.05, 3.63) is 41.5 Å². The predicted molar refractivity (Wildman–Crippen MR) is 245 cm³/mol. The monoisotopic (exact) mass is 970 g/mol. The van der Waals surface area contributed by atoms with Gasteiger partial charge in [-0.25, -0.2) is 9.59 Å². The molecule has 7 aliphatic rings. The fourth-order valence-electron chi connectivity index (χ4n) is 14.7. The van der Waals surface area contributed by atoms with Gasteiger partial charge >= 0.3 is 17.9 Å². The molecule has 4 saturated carbocycles. The van der Waals surface area contributed by atoms with E-state index in [9.17, 15) is 45.3 Å². The number of allylic oxidation sites excluding steroid dienone is 2. The second-order valence-corrected chi connectivity index (χ2v) is 23.2. The molecule has 1 aromatic carbocycles. The van der Waals surface area contributed by atoms with Crippen LogP contribution in [0.15, 0.2) is 35.9 Å². The second-order valence-electron chi connectivity index (χ2n) is 23.2. The van der Waals surface area contributed by atoms with Crippen molar-refractivity contribution in [1.82, 2.24) is 0 Å². The van der Waals surface area contributed by atoms with Crippen LogP contribution >= 0.6 is 0 Å². The Morgan fingerprint density at radius 2 is 1.52 bits per heavy atom. The van der Waals surface area contributed by atoms with Gasteiger partial charge in [-0.2, -0.15) is 0 Å². The van der Waals surface area contributed by atoms with Crippen LogP contribution in [-0.2, 0) is 42.8 Å². The van der Waals surface area contributed by atoms with Crippen molar-refractivity contribution in [3.8, 4) is 11.5 Å². The lowest BCUT2D eigenvalue weighted by Gasteiger charge is -2.71. The number of phenolic OH excluding ortho intramolecular Hbond substituents is 1. The van der Waals surface area contributed by atoms with E-state index in [2.05, 4.69) is 54.5 Å². The number of benzene rings is 1. The number of fused-ring (bicyclic) bond motifs is 7. The third-order valence-electron chi connectivity index (χ3n) is 18.8. The highest BCUT2D eigenvalue weighted by Gasteiger charge is 2.72. The van der Waals surface area contributed by atoms with E-state index in [0.717, 1.165) is 44.4 Å². The molecule has 0 radical (unpaired) electrons. The summed E-state index contributed by atoms with van der Waals surface area (Å²) in [5, 5.41) is 76.7. The first-order valence-electron chi connectivity index (χ1n) is 24.6. The van der Waals surface area contributed by atoms with Crippen LogP contribution in [0.5, 0.6) is 11.5 Å². The molecule has 0 spiro atoms. The molecule has 5 aliphatic carbocycles. The number of methoxy groups -OCH3 is 2. The molecule has 17 nitrogen and oxygen atoms in total. The molecule has 1 aromatic rings. The number of hydrogen-bond acceptors (Lipinski definition) is 17. The summed E-state index contributed by atoms with van der Waals surface area (Å²) in [6.07, 6.45) is -5.31. The van der Waals surface area contributed by atoms with Crippen LogP contribution in [0, 0.1) is 50.2 Å². The van der Waals surface area contributed by atoms with Gasteiger partial charge in [-0.05, 0) is 126 Å². The maximum Gasteiger partial charge on any atom is 0.337 e. The van der Waals surface area contributed by atoms with E-state index >= 15 is 4.79 Å². The highest BCUT2D eigenvalue weighted by atomic mass is 16.7. The number of carbonyl (C=O) groups excluding carboxylic acids is 3. The van der Waals surface area contributed by atoms with Crippen LogP contribution in [-0.4, -0.2) is 142 Å². The van der Waals surface area contributed by atoms with Crippen molar-refractivity contribution < 1.29 is 83.3 Å². The van der Waals surface area contributed by atoms with Gasteiger partial charge in [0.05, 0.1) is 33.0 Å². The summed E-state index contributed by atoms with van der Waals surface area (Å²) in [5.41, 5.74) is -1.45. The lowest BCUT2D eigenvalue weighted by molar-refractivity contribution is -0.324. The lowest BCUT2D eigenvalue weighted by atomic mass is 9.33. The van der Waals surface area contributed by atoms with E-state index < -0.39 is 114 Å². The molecule has 18 atom stereocenters. The first kappa shape index (κ1) is 51.7. The number of hydrogen-bond donors (Lipinski definition) is 7. The summed E-state index contributed by atoms with van der Waals surface area (Å²) >= 11 is 0. The fourth-order valence-corrected chi connectivity index (χ4v) is 14.7. The Morgan fingerprint density at radius 3 is 2.22 bits per heavy atom. The van der Waals surface area contributed by atoms with Gasteiger partial charge < -0.3 is 68.9 Å². The molecule has 6 fully saturated rings. The third kappa shape index (κ3) is 8.42. The molecule has 0 bridgehead atoms. The second kappa shape index (κ2) is 18.4. The minimum atomic E-state index is -1.69. The van der Waals surface area contributed by atoms with Crippen molar-refractivity contribution in [3.63, 3.8) is 0 Å². The van der Waals surface area contributed by atoms with Gasteiger partial charge in [0.2, 0.25) is 6.29 Å². The van der Waals surface area contributed by atoms with Crippen LogP contribution in [0.1, 0.15) is 112 Å². The molecular weight excluding hydrogens is 897 g/mol. The largest absolute Gasteiger partial charge is 0.504 e. The minimum Gasteiger partial charge on any atom is -0.504 e. The van der Waals surface area contributed by atoms with Crippen LogP contribution in [0.3, 0.4) is 0 Å². The summed E-state index contributed by atoms with van der Waals surface area (Å²) in [4.78, 5) is 40.8. The first-order valence-corrected chi connectivity index (χ1v) is 24.6. The smallest absolute Gasteiger partial charge is 0.337 e. The van der Waals surface area contributed by atoms with Gasteiger partial charge in [0, 0.05) is 6.08 Å². The molecule has 69 heavy (non-hydrogen) atoms. The number of aromatic hydroxyl groups is 1. The molecule has 2 heterocycles. The van der Waals surface area contributed by atoms with E-state index in [1.807, 2.05) is 0 Å². The minimum absolute atomic E-state index is 0.0841. The Bertz CT molecular complexity index is 2190. The van der Waals surface area contributed by atoms with Crippen molar-refractivity contribution in [1.29, 1.82) is 0 Å². The predicted octanol–water partition coefficient (Wildman–Crippen LogP) is 4.09. The maximum absolute atomic E-state index is 15.1. The Hall–Kier alpha value is -3.65. The molecule has 2 saturated heterocycles. The van der Waals surface area contributed by atoms with Gasteiger partial charge in [0.1, 0.15) is 35.9 Å². The Labute approximate surface area is 404 Å². The van der Waals surface area contributed by atoms with Crippen LogP contribution < -0.4 is 4.74 Å². The zero-order valence-corrected chi connectivity index (χ0v) is 41.3. The number of rotatable bonds is 9. The number of phenols is 1. The Morgan fingerprint density at radius 1 is 0.797 bits per heavy atom. The maximum atomic E-state index is 15.1. The van der Waals surface area contributed by atoms with E-state index in [1.165, 1.54) is 25.3 Å². The van der Waals surface area contributed by atoms with E-state index in [1.54, 1.807) is 6.07 Å². The molecule has 0 aromatic heterocycles. The molecule has 2 aliphatic heterocycles. The first-order chi connectivity index (χ1) is 32.3. The molecular formula is C52H74O17. The molecule has 7 N–H and O–H groups in total. The normalized spacial score (nSPS) is 44.5. The average molecular weight is 971 g/mol. The summed E-state index contributed by atoms with van der Waals surface area (Å²) < 4.78 is 39.8. The van der Waals surface area contributed by atoms with Crippen LogP contribution in [0.25, 0.3) is 6.08 Å². The fraction of sp³-hybridized carbons (Fsp3) is 0.750. The van der Waals surface area contributed by atoms with Gasteiger partial charge in [-0.1, -0.05) is 66.2 Å². The summed E-state index contributed by atoms with van der Waals surface area (Å²) in [6, 6.07) is 4.47. The van der Waals surface area contributed by atoms with Crippen LogP contribution in [0.4, 0.5) is 0 Å². The van der Waals surface area contributed by atoms with Gasteiger partial charge in [0.25, 0.3) is 0 Å². The molecule has 384 valence electrons. The van der Waals surface area contributed by atoms with Crippen molar-refractivity contribution >= 4 is 24.0 Å². The number of carbonyl (C=O) groups is 3. The highest BCUT2D eigenvalue weighted by molar-refractivity contribution is 5.87. The van der Waals surface area contributed by atoms with Crippen molar-refractivity contribution in [2.24, 2.45) is 50.2 Å². The number of ether oxygens (including phenoxy) is 7. The summed E-state index contributed by atoms with van der Waals surface area (Å²) in [6.45, 7) is 15.3. The molecule has 18 unspecified atom stereocenters. The standard InChI is InChI=1S/C52H74O17/c1-47(2)20-21-52(46(62)69-45-42(37(57)30(54)25-65-45)67-36(56)15-11-26-10-13-29(53)31(22-26)63-8)28(23-47)27-12-14-33-49(5)18-17-35(66-44-40(60)38(58)39(59)41(68-44)43(61)64-9)48(3,4)32(49)16-19-50(33,6)51(27,7)24-34(52)55/h10-13,15,22,28,30,32-35,37-42,44-45,53-55,57-60H,14,16-21,23-25H2,1-9H3. The van der Waals surface area contributed by atoms with E-state index in [4.69, 9.17) is 33.2 Å². The van der Waals surface area contributed by atoms with Crippen LogP contribution in [0.2, 0.25) is 0 Å². The quantitative estimate of drug-likeness (QED) is 0.0605. The highest BCUT2D eigenvalue weighted by Crippen LogP contribution is 2.76. The zero-order valence-electron chi connectivity index (χ0n) is 41.3. The average Bonchev–Trinajstić information content (AvgIpc) is 3.29. The van der Waals surface area contributed by atoms with E-state index in [-0.39, 0.29) is 46.0 Å². The molecule has 8 rings (SSSR count). The SMILES string of the molecule is COC(=O)C1OC(OC2CCC3(C)C(CCC4(C)C3CC=C3C5CC(C)(C)CCC5(C(=O)OC5OCC(O)C(O)C5OC(=O)C=Cc5ccc(O)c(OC)c5)C(O)CC34C)C2(C)C)C(O)C(O)C1O. The number of aliphatic hydroxyl groups is 6.